The van der Waals surface area contributed by atoms with Gasteiger partial charge < -0.3 is 4.84 Å². The average Bonchev–Trinajstić information content (AvgIpc) is 2.67. The highest BCUT2D eigenvalue weighted by molar-refractivity contribution is 5.87. The second-order valence-corrected chi connectivity index (χ2v) is 5.89. The first kappa shape index (κ1) is 13.3. The predicted molar refractivity (Wildman–Crippen MR) is 69.6 cm³/mol. The van der Waals surface area contributed by atoms with Gasteiger partial charge in [-0.1, -0.05) is 51.4 Å². The monoisotopic (exact) mass is 223 g/mol. The van der Waals surface area contributed by atoms with Gasteiger partial charge in [-0.15, -0.1) is 0 Å². The highest BCUT2D eigenvalue weighted by Crippen LogP contribution is 2.31. The normalized spacial score (nSPS) is 18.8. The van der Waals surface area contributed by atoms with E-state index in [1.54, 1.807) is 6.08 Å². The Morgan fingerprint density at radius 1 is 1.38 bits per heavy atom. The van der Waals surface area contributed by atoms with Crippen LogP contribution in [-0.2, 0) is 4.84 Å². The Bertz CT molecular complexity index is 244. The zero-order valence-electron chi connectivity index (χ0n) is 11.0. The summed E-state index contributed by atoms with van der Waals surface area (Å²) in [7, 11) is 0. The average molecular weight is 223 g/mol. The molecule has 0 spiro atoms. The number of hydrogen-bond acceptors (Lipinski definition) is 2. The minimum atomic E-state index is 0.291. The van der Waals surface area contributed by atoms with Crippen LogP contribution in [-0.4, -0.2) is 12.3 Å². The number of oxime groups is 1. The zero-order chi connectivity index (χ0) is 12.0. The van der Waals surface area contributed by atoms with Gasteiger partial charge in [0.2, 0.25) is 0 Å². The Hall–Kier alpha value is -0.790. The van der Waals surface area contributed by atoms with Gasteiger partial charge in [0.15, 0.2) is 0 Å². The zero-order valence-corrected chi connectivity index (χ0v) is 11.0. The van der Waals surface area contributed by atoms with Crippen molar-refractivity contribution < 1.29 is 4.84 Å². The molecule has 0 amide bonds. The molecule has 0 bridgehead atoms. The molecule has 92 valence electrons. The van der Waals surface area contributed by atoms with Crippen LogP contribution in [0.3, 0.4) is 0 Å². The molecule has 0 aromatic heterocycles. The van der Waals surface area contributed by atoms with Crippen molar-refractivity contribution in [1.82, 2.24) is 0 Å². The Morgan fingerprint density at radius 2 is 2.00 bits per heavy atom. The molecule has 1 aliphatic carbocycles. The molecule has 1 fully saturated rings. The van der Waals surface area contributed by atoms with Gasteiger partial charge in [-0.3, -0.25) is 0 Å². The molecule has 0 N–H and O–H groups in total. The first-order valence-corrected chi connectivity index (χ1v) is 6.32. The van der Waals surface area contributed by atoms with E-state index in [1.807, 2.05) is 0 Å². The number of rotatable bonds is 5. The van der Waals surface area contributed by atoms with Crippen LogP contribution in [0.15, 0.2) is 17.8 Å². The summed E-state index contributed by atoms with van der Waals surface area (Å²) in [6.07, 6.45) is 8.03. The van der Waals surface area contributed by atoms with Crippen LogP contribution >= 0.6 is 0 Å². The Kier molecular flexibility index (Phi) is 5.04. The van der Waals surface area contributed by atoms with Crippen molar-refractivity contribution in [1.29, 1.82) is 0 Å². The van der Waals surface area contributed by atoms with Crippen molar-refractivity contribution in [3.05, 3.63) is 12.7 Å². The lowest BCUT2D eigenvalue weighted by Gasteiger charge is -2.22. The van der Waals surface area contributed by atoms with Crippen LogP contribution in [0, 0.1) is 11.3 Å². The highest BCUT2D eigenvalue weighted by Gasteiger charge is 2.25. The van der Waals surface area contributed by atoms with Gasteiger partial charge in [-0.25, -0.2) is 0 Å². The number of hydrogen-bond donors (Lipinski definition) is 0. The summed E-state index contributed by atoms with van der Waals surface area (Å²) in [6.45, 7) is 10.9. The van der Waals surface area contributed by atoms with Crippen LogP contribution in [0.2, 0.25) is 0 Å². The molecule has 0 atom stereocenters. The molecule has 2 nitrogen and oxygen atoms in total. The minimum absolute atomic E-state index is 0.291. The van der Waals surface area contributed by atoms with E-state index >= 15 is 0 Å². The summed E-state index contributed by atoms with van der Waals surface area (Å²) in [4.78, 5) is 5.27. The molecule has 0 saturated heterocycles. The van der Waals surface area contributed by atoms with Gasteiger partial charge >= 0.3 is 0 Å². The summed E-state index contributed by atoms with van der Waals surface area (Å²) in [5.74, 6) is 0.657. The van der Waals surface area contributed by atoms with Crippen molar-refractivity contribution in [2.24, 2.45) is 16.5 Å². The maximum absolute atomic E-state index is 5.27. The van der Waals surface area contributed by atoms with Crippen LogP contribution in [0.5, 0.6) is 0 Å². The lowest BCUT2D eigenvalue weighted by atomic mass is 9.84. The molecule has 0 heterocycles. The van der Waals surface area contributed by atoms with Crippen molar-refractivity contribution in [2.75, 3.05) is 6.61 Å². The lowest BCUT2D eigenvalue weighted by molar-refractivity contribution is 0.170. The summed E-state index contributed by atoms with van der Waals surface area (Å²) < 4.78 is 0. The Labute approximate surface area is 99.8 Å². The van der Waals surface area contributed by atoms with Crippen LogP contribution in [0.4, 0.5) is 0 Å². The third-order valence-electron chi connectivity index (χ3n) is 2.91. The van der Waals surface area contributed by atoms with E-state index in [2.05, 4.69) is 32.5 Å². The van der Waals surface area contributed by atoms with Crippen molar-refractivity contribution >= 4 is 5.71 Å². The molecule has 1 aliphatic rings. The Morgan fingerprint density at radius 3 is 2.50 bits per heavy atom. The molecule has 0 radical (unpaired) electrons. The number of nitrogens with zero attached hydrogens (tertiary/aromatic N) is 1. The quantitative estimate of drug-likeness (QED) is 0.297. The predicted octanol–water partition coefficient (Wildman–Crippen LogP) is 4.17. The first-order valence-electron chi connectivity index (χ1n) is 6.32. The topological polar surface area (TPSA) is 21.6 Å². The largest absolute Gasteiger partial charge is 0.392 e. The molecule has 0 unspecified atom stereocenters. The van der Waals surface area contributed by atoms with E-state index in [0.29, 0.717) is 17.9 Å². The fraction of sp³-hybridized carbons (Fsp3) is 0.786. The standard InChI is InChI=1S/C14H25NO/c1-5-10-16-15-13(11-14(2,3)4)12-8-6-7-9-12/h5,12H,1,6-11H2,2-4H3/b15-13-. The third-order valence-corrected chi connectivity index (χ3v) is 2.91. The molecule has 2 heteroatoms. The van der Waals surface area contributed by atoms with E-state index < -0.39 is 0 Å². The van der Waals surface area contributed by atoms with E-state index in [-0.39, 0.29) is 0 Å². The molecule has 1 saturated carbocycles. The fourth-order valence-electron chi connectivity index (χ4n) is 2.23. The van der Waals surface area contributed by atoms with Crippen molar-refractivity contribution in [3.63, 3.8) is 0 Å². The van der Waals surface area contributed by atoms with Gasteiger partial charge in [0.1, 0.15) is 6.61 Å². The molecular weight excluding hydrogens is 198 g/mol. The van der Waals surface area contributed by atoms with Crippen LogP contribution in [0.25, 0.3) is 0 Å². The summed E-state index contributed by atoms with van der Waals surface area (Å²) >= 11 is 0. The molecule has 1 rings (SSSR count). The van der Waals surface area contributed by atoms with Gasteiger partial charge in [0.05, 0.1) is 5.71 Å². The maximum atomic E-state index is 5.27. The van der Waals surface area contributed by atoms with Crippen LogP contribution in [0.1, 0.15) is 52.9 Å². The van der Waals surface area contributed by atoms with E-state index in [4.69, 9.17) is 4.84 Å². The van der Waals surface area contributed by atoms with Crippen molar-refractivity contribution in [3.8, 4) is 0 Å². The van der Waals surface area contributed by atoms with Gasteiger partial charge in [0, 0.05) is 5.92 Å². The second kappa shape index (κ2) is 6.07. The molecular formula is C14H25NO. The third kappa shape index (κ3) is 4.82. The second-order valence-electron chi connectivity index (χ2n) is 5.89. The van der Waals surface area contributed by atoms with Crippen LogP contribution < -0.4 is 0 Å². The summed E-state index contributed by atoms with van der Waals surface area (Å²) in [5, 5.41) is 4.33. The smallest absolute Gasteiger partial charge is 0.135 e. The first-order chi connectivity index (χ1) is 7.53. The molecule has 0 aromatic rings. The Balaban J connectivity index is 2.60. The van der Waals surface area contributed by atoms with E-state index in [0.717, 1.165) is 6.42 Å². The fourth-order valence-corrected chi connectivity index (χ4v) is 2.23. The van der Waals surface area contributed by atoms with Gasteiger partial charge in [-0.2, -0.15) is 0 Å². The molecule has 0 aliphatic heterocycles. The lowest BCUT2D eigenvalue weighted by Crippen LogP contribution is -2.20. The van der Waals surface area contributed by atoms with Crippen molar-refractivity contribution in [2.45, 2.75) is 52.9 Å². The highest BCUT2D eigenvalue weighted by atomic mass is 16.6. The minimum Gasteiger partial charge on any atom is -0.392 e. The van der Waals surface area contributed by atoms with E-state index in [1.165, 1.54) is 31.4 Å². The maximum Gasteiger partial charge on any atom is 0.135 e. The summed E-state index contributed by atoms with van der Waals surface area (Å²) in [5.41, 5.74) is 1.55. The molecule has 0 aromatic carbocycles. The SMILES string of the molecule is C=CCO/N=C(/CC(C)(C)C)C1CCCC1. The van der Waals surface area contributed by atoms with Gasteiger partial charge in [-0.05, 0) is 24.7 Å². The van der Waals surface area contributed by atoms with E-state index in [9.17, 15) is 0 Å². The molecule has 16 heavy (non-hydrogen) atoms. The summed E-state index contributed by atoms with van der Waals surface area (Å²) in [6, 6.07) is 0. The van der Waals surface area contributed by atoms with Gasteiger partial charge in [0.25, 0.3) is 0 Å².